The van der Waals surface area contributed by atoms with Crippen LogP contribution in [0.4, 0.5) is 0 Å². The second-order valence-corrected chi connectivity index (χ2v) is 7.92. The van der Waals surface area contributed by atoms with E-state index in [1.54, 1.807) is 11.3 Å². The molecule has 0 saturated heterocycles. The number of hydrogen-bond donors (Lipinski definition) is 2. The molecule has 2 saturated carbocycles. The molecule has 1 amide bonds. The van der Waals surface area contributed by atoms with Crippen LogP contribution in [0.5, 0.6) is 0 Å². The fourth-order valence-corrected chi connectivity index (χ4v) is 4.89. The van der Waals surface area contributed by atoms with Crippen molar-refractivity contribution in [2.75, 3.05) is 0 Å². The molecule has 0 aliphatic heterocycles. The Morgan fingerprint density at radius 2 is 1.91 bits per heavy atom. The van der Waals surface area contributed by atoms with Crippen LogP contribution in [0.1, 0.15) is 61.3 Å². The van der Waals surface area contributed by atoms with Crippen molar-refractivity contribution in [1.29, 1.82) is 0 Å². The monoisotopic (exact) mass is 335 g/mol. The number of nitrogens with one attached hydrogen (secondary N) is 1. The summed E-state index contributed by atoms with van der Waals surface area (Å²) in [5.74, 6) is -0.766. The first-order chi connectivity index (χ1) is 11.1. The smallest absolute Gasteiger partial charge is 0.308 e. The molecule has 5 heteroatoms. The quantitative estimate of drug-likeness (QED) is 0.881. The standard InChI is InChI=1S/C18H25NO3S/c1-11-8-9-23-16(11)13-10-14(13)17(20)19-15-7-5-3-2-4-6-12(15)18(21)22/h8-9,12-15H,2-7,10H2,1H3,(H,19,20)(H,21,22). The van der Waals surface area contributed by atoms with Crippen molar-refractivity contribution in [3.05, 3.63) is 21.9 Å². The molecule has 4 unspecified atom stereocenters. The van der Waals surface area contributed by atoms with Gasteiger partial charge in [0, 0.05) is 22.8 Å². The van der Waals surface area contributed by atoms with Crippen molar-refractivity contribution in [3.63, 3.8) is 0 Å². The van der Waals surface area contributed by atoms with E-state index in [9.17, 15) is 14.7 Å². The minimum atomic E-state index is -0.765. The number of carbonyl (C=O) groups excluding carboxylic acids is 1. The SMILES string of the molecule is Cc1ccsc1C1CC1C(=O)NC1CCCCCCC1C(=O)O. The van der Waals surface area contributed by atoms with Crippen LogP contribution in [-0.2, 0) is 9.59 Å². The summed E-state index contributed by atoms with van der Waals surface area (Å²) in [5, 5.41) is 14.6. The fraction of sp³-hybridized carbons (Fsp3) is 0.667. The maximum atomic E-state index is 12.6. The van der Waals surface area contributed by atoms with E-state index in [1.165, 1.54) is 10.4 Å². The lowest BCUT2D eigenvalue weighted by molar-refractivity contribution is -0.143. The highest BCUT2D eigenvalue weighted by Gasteiger charge is 2.46. The second kappa shape index (κ2) is 7.04. The lowest BCUT2D eigenvalue weighted by Crippen LogP contribution is -2.44. The zero-order valence-electron chi connectivity index (χ0n) is 13.6. The normalized spacial score (nSPS) is 31.0. The van der Waals surface area contributed by atoms with Gasteiger partial charge in [0.25, 0.3) is 0 Å². The highest BCUT2D eigenvalue weighted by molar-refractivity contribution is 7.10. The van der Waals surface area contributed by atoms with Crippen LogP contribution in [0.2, 0.25) is 0 Å². The molecule has 126 valence electrons. The van der Waals surface area contributed by atoms with Crippen molar-refractivity contribution in [3.8, 4) is 0 Å². The van der Waals surface area contributed by atoms with Crippen LogP contribution in [0.25, 0.3) is 0 Å². The van der Waals surface area contributed by atoms with Crippen molar-refractivity contribution < 1.29 is 14.7 Å². The van der Waals surface area contributed by atoms with E-state index in [0.717, 1.165) is 38.5 Å². The van der Waals surface area contributed by atoms with E-state index in [4.69, 9.17) is 0 Å². The van der Waals surface area contributed by atoms with E-state index < -0.39 is 11.9 Å². The molecule has 2 aliphatic rings. The molecule has 2 fully saturated rings. The van der Waals surface area contributed by atoms with E-state index in [1.807, 2.05) is 0 Å². The molecule has 0 radical (unpaired) electrons. The Bertz CT molecular complexity index is 583. The van der Waals surface area contributed by atoms with Crippen molar-refractivity contribution >= 4 is 23.2 Å². The topological polar surface area (TPSA) is 66.4 Å². The number of carboxylic acid groups (broad SMARTS) is 1. The summed E-state index contributed by atoms with van der Waals surface area (Å²) in [5.41, 5.74) is 1.27. The molecule has 4 atom stereocenters. The predicted octanol–water partition coefficient (Wildman–Crippen LogP) is 3.70. The number of carboxylic acids is 1. The summed E-state index contributed by atoms with van der Waals surface area (Å²) in [7, 11) is 0. The van der Waals surface area contributed by atoms with Crippen LogP contribution in [-0.4, -0.2) is 23.0 Å². The number of aryl methyl sites for hydroxylation is 1. The molecule has 1 aromatic rings. The Hall–Kier alpha value is -1.36. The summed E-state index contributed by atoms with van der Waals surface area (Å²) in [6.07, 6.45) is 6.57. The number of amides is 1. The van der Waals surface area contributed by atoms with E-state index >= 15 is 0 Å². The molecular weight excluding hydrogens is 310 g/mol. The van der Waals surface area contributed by atoms with Gasteiger partial charge in [-0.25, -0.2) is 0 Å². The van der Waals surface area contributed by atoms with Crippen LogP contribution in [0.15, 0.2) is 11.4 Å². The van der Waals surface area contributed by atoms with E-state index in [-0.39, 0.29) is 17.9 Å². The van der Waals surface area contributed by atoms with Crippen molar-refractivity contribution in [2.45, 2.75) is 63.8 Å². The molecule has 1 aromatic heterocycles. The van der Waals surface area contributed by atoms with Gasteiger partial charge in [-0.05, 0) is 43.2 Å². The van der Waals surface area contributed by atoms with E-state index in [2.05, 4.69) is 23.7 Å². The van der Waals surface area contributed by atoms with Crippen LogP contribution in [0, 0.1) is 18.8 Å². The lowest BCUT2D eigenvalue weighted by Gasteiger charge is -2.27. The second-order valence-electron chi connectivity index (χ2n) is 6.97. The molecule has 1 heterocycles. The minimum Gasteiger partial charge on any atom is -0.481 e. The Balaban J connectivity index is 1.61. The summed E-state index contributed by atoms with van der Waals surface area (Å²) in [4.78, 5) is 25.4. The largest absolute Gasteiger partial charge is 0.481 e. The third-order valence-corrected chi connectivity index (χ3v) is 6.43. The van der Waals surface area contributed by atoms with Gasteiger partial charge in [0.05, 0.1) is 5.92 Å². The van der Waals surface area contributed by atoms with E-state index in [0.29, 0.717) is 12.3 Å². The molecule has 4 nitrogen and oxygen atoms in total. The van der Waals surface area contributed by atoms with Crippen molar-refractivity contribution in [1.82, 2.24) is 5.32 Å². The highest BCUT2D eigenvalue weighted by Crippen LogP contribution is 2.50. The van der Waals surface area contributed by atoms with Gasteiger partial charge in [0.2, 0.25) is 5.91 Å². The summed E-state index contributed by atoms with van der Waals surface area (Å²) >= 11 is 1.72. The Kier molecular flexibility index (Phi) is 5.05. The zero-order valence-corrected chi connectivity index (χ0v) is 14.4. The molecule has 0 bridgehead atoms. The zero-order chi connectivity index (χ0) is 16.4. The van der Waals surface area contributed by atoms with Crippen LogP contribution >= 0.6 is 11.3 Å². The van der Waals surface area contributed by atoms with Gasteiger partial charge < -0.3 is 10.4 Å². The Labute approximate surface area is 141 Å². The van der Waals surface area contributed by atoms with Gasteiger partial charge in [0.1, 0.15) is 0 Å². The van der Waals surface area contributed by atoms with Gasteiger partial charge >= 0.3 is 5.97 Å². The third-order valence-electron chi connectivity index (χ3n) is 5.28. The minimum absolute atomic E-state index is 0.0345. The number of hydrogen-bond acceptors (Lipinski definition) is 3. The van der Waals surface area contributed by atoms with Crippen LogP contribution in [0.3, 0.4) is 0 Å². The Morgan fingerprint density at radius 3 is 2.57 bits per heavy atom. The van der Waals surface area contributed by atoms with Gasteiger partial charge in [-0.1, -0.05) is 25.7 Å². The number of thiophene rings is 1. The van der Waals surface area contributed by atoms with Gasteiger partial charge in [0.15, 0.2) is 0 Å². The summed E-state index contributed by atoms with van der Waals surface area (Å²) in [6, 6.07) is 1.90. The molecule has 2 aliphatic carbocycles. The third kappa shape index (κ3) is 3.77. The first kappa shape index (κ1) is 16.5. The van der Waals surface area contributed by atoms with Gasteiger partial charge in [-0.3, -0.25) is 9.59 Å². The maximum absolute atomic E-state index is 12.6. The predicted molar refractivity (Wildman–Crippen MR) is 90.7 cm³/mol. The maximum Gasteiger partial charge on any atom is 0.308 e. The van der Waals surface area contributed by atoms with Gasteiger partial charge in [-0.2, -0.15) is 0 Å². The lowest BCUT2D eigenvalue weighted by atomic mass is 9.86. The molecular formula is C18H25NO3S. The fourth-order valence-electron chi connectivity index (χ4n) is 3.78. The number of rotatable bonds is 4. The highest BCUT2D eigenvalue weighted by atomic mass is 32.1. The number of carbonyl (C=O) groups is 2. The van der Waals surface area contributed by atoms with Crippen LogP contribution < -0.4 is 5.32 Å². The Morgan fingerprint density at radius 1 is 1.17 bits per heavy atom. The number of aliphatic carboxylic acids is 1. The average molecular weight is 335 g/mol. The first-order valence-corrected chi connectivity index (χ1v) is 9.53. The summed E-state index contributed by atoms with van der Waals surface area (Å²) in [6.45, 7) is 2.09. The summed E-state index contributed by atoms with van der Waals surface area (Å²) < 4.78 is 0. The average Bonchev–Trinajstić information content (AvgIpc) is 3.16. The molecule has 0 aromatic carbocycles. The molecule has 23 heavy (non-hydrogen) atoms. The first-order valence-electron chi connectivity index (χ1n) is 8.65. The molecule has 2 N–H and O–H groups in total. The molecule has 3 rings (SSSR count). The van der Waals surface area contributed by atoms with Crippen molar-refractivity contribution in [2.24, 2.45) is 11.8 Å². The molecule has 0 spiro atoms. The van der Waals surface area contributed by atoms with Gasteiger partial charge in [-0.15, -0.1) is 11.3 Å².